The zero-order valence-corrected chi connectivity index (χ0v) is 9.10. The normalized spacial score (nSPS) is 21.4. The van der Waals surface area contributed by atoms with Gasteiger partial charge in [-0.1, -0.05) is 6.07 Å². The first-order valence-corrected chi connectivity index (χ1v) is 5.66. The van der Waals surface area contributed by atoms with E-state index in [4.69, 9.17) is 10.5 Å². The summed E-state index contributed by atoms with van der Waals surface area (Å²) in [5.74, 6) is 1.11. The number of aromatic nitrogens is 2. The number of pyridine rings is 1. The zero-order valence-electron chi connectivity index (χ0n) is 9.10. The molecule has 1 fully saturated rings. The van der Waals surface area contributed by atoms with Crippen molar-refractivity contribution in [1.82, 2.24) is 9.38 Å². The highest BCUT2D eigenvalue weighted by Crippen LogP contribution is 2.29. The van der Waals surface area contributed by atoms with E-state index in [2.05, 4.69) is 4.98 Å². The lowest BCUT2D eigenvalue weighted by molar-refractivity contribution is 0.0796. The third kappa shape index (κ3) is 1.46. The van der Waals surface area contributed by atoms with Crippen LogP contribution in [0.3, 0.4) is 0 Å². The van der Waals surface area contributed by atoms with Crippen molar-refractivity contribution >= 4 is 11.5 Å². The van der Waals surface area contributed by atoms with Crippen LogP contribution in [0.1, 0.15) is 24.5 Å². The zero-order chi connectivity index (χ0) is 11.0. The highest BCUT2D eigenvalue weighted by molar-refractivity contribution is 5.53. The topological polar surface area (TPSA) is 52.5 Å². The van der Waals surface area contributed by atoms with Crippen LogP contribution in [-0.4, -0.2) is 22.6 Å². The van der Waals surface area contributed by atoms with E-state index in [-0.39, 0.29) is 0 Å². The average molecular weight is 217 g/mol. The van der Waals surface area contributed by atoms with Crippen molar-refractivity contribution in [1.29, 1.82) is 0 Å². The Morgan fingerprint density at radius 3 is 3.12 bits per heavy atom. The van der Waals surface area contributed by atoms with Crippen molar-refractivity contribution in [3.05, 3.63) is 30.1 Å². The molecule has 0 aromatic carbocycles. The third-order valence-corrected chi connectivity index (χ3v) is 3.14. The molecule has 84 valence electrons. The molecule has 0 bridgehead atoms. The predicted molar refractivity (Wildman–Crippen MR) is 62.4 cm³/mol. The number of imidazole rings is 1. The molecule has 16 heavy (non-hydrogen) atoms. The van der Waals surface area contributed by atoms with E-state index in [1.165, 1.54) is 0 Å². The Kier molecular flexibility index (Phi) is 2.29. The average Bonchev–Trinajstić information content (AvgIpc) is 2.69. The van der Waals surface area contributed by atoms with Gasteiger partial charge in [0.1, 0.15) is 11.5 Å². The number of nitrogens with zero attached hydrogens (tertiary/aromatic N) is 2. The molecule has 2 aromatic heterocycles. The molecule has 0 aliphatic carbocycles. The van der Waals surface area contributed by atoms with Crippen LogP contribution in [-0.2, 0) is 4.74 Å². The van der Waals surface area contributed by atoms with Gasteiger partial charge in [-0.25, -0.2) is 4.98 Å². The largest absolute Gasteiger partial charge is 0.383 e. The summed E-state index contributed by atoms with van der Waals surface area (Å²) in [4.78, 5) is 4.59. The maximum Gasteiger partial charge on any atom is 0.138 e. The summed E-state index contributed by atoms with van der Waals surface area (Å²) >= 11 is 0. The molecule has 1 unspecified atom stereocenters. The molecular formula is C12H15N3O. The lowest BCUT2D eigenvalue weighted by Crippen LogP contribution is -2.17. The van der Waals surface area contributed by atoms with Crippen molar-refractivity contribution in [2.75, 3.05) is 18.9 Å². The van der Waals surface area contributed by atoms with Gasteiger partial charge in [-0.15, -0.1) is 0 Å². The van der Waals surface area contributed by atoms with Crippen LogP contribution in [0.15, 0.2) is 24.4 Å². The molecule has 0 spiro atoms. The van der Waals surface area contributed by atoms with E-state index in [1.807, 2.05) is 28.8 Å². The molecule has 0 radical (unpaired) electrons. The fourth-order valence-electron chi connectivity index (χ4n) is 2.29. The minimum Gasteiger partial charge on any atom is -0.383 e. The smallest absolute Gasteiger partial charge is 0.138 e. The Morgan fingerprint density at radius 1 is 1.44 bits per heavy atom. The van der Waals surface area contributed by atoms with Crippen LogP contribution in [0.5, 0.6) is 0 Å². The maximum absolute atomic E-state index is 6.11. The van der Waals surface area contributed by atoms with Gasteiger partial charge in [0.2, 0.25) is 0 Å². The lowest BCUT2D eigenvalue weighted by atomic mass is 9.99. The summed E-state index contributed by atoms with van der Waals surface area (Å²) in [6.07, 6.45) is 4.16. The van der Waals surface area contributed by atoms with E-state index >= 15 is 0 Å². The molecule has 1 saturated heterocycles. The molecule has 0 amide bonds. The SMILES string of the molecule is Nc1c(C2CCCOC2)nc2ccccn12. The second kappa shape index (κ2) is 3.79. The van der Waals surface area contributed by atoms with Crippen molar-refractivity contribution in [2.45, 2.75) is 18.8 Å². The fraction of sp³-hybridized carbons (Fsp3) is 0.417. The van der Waals surface area contributed by atoms with Crippen LogP contribution >= 0.6 is 0 Å². The summed E-state index contributed by atoms with van der Waals surface area (Å²) in [7, 11) is 0. The van der Waals surface area contributed by atoms with Crippen LogP contribution in [0.4, 0.5) is 5.82 Å². The van der Waals surface area contributed by atoms with Crippen LogP contribution in [0.25, 0.3) is 5.65 Å². The Hall–Kier alpha value is -1.55. The van der Waals surface area contributed by atoms with E-state index < -0.39 is 0 Å². The first kappa shape index (κ1) is 9.66. The number of fused-ring (bicyclic) bond motifs is 1. The second-order valence-corrected chi connectivity index (χ2v) is 4.23. The van der Waals surface area contributed by atoms with Crippen LogP contribution in [0.2, 0.25) is 0 Å². The molecule has 0 saturated carbocycles. The molecule has 4 nitrogen and oxygen atoms in total. The molecule has 1 aliphatic heterocycles. The maximum atomic E-state index is 6.11. The van der Waals surface area contributed by atoms with Gasteiger partial charge in [0.25, 0.3) is 0 Å². The van der Waals surface area contributed by atoms with Gasteiger partial charge in [0, 0.05) is 18.7 Å². The summed E-state index contributed by atoms with van der Waals surface area (Å²) < 4.78 is 7.42. The Labute approximate surface area is 94.0 Å². The number of nitrogens with two attached hydrogens (primary N) is 1. The van der Waals surface area contributed by atoms with Crippen molar-refractivity contribution in [3.63, 3.8) is 0 Å². The molecule has 3 heterocycles. The van der Waals surface area contributed by atoms with E-state index in [0.717, 1.165) is 43.2 Å². The first-order valence-electron chi connectivity index (χ1n) is 5.66. The van der Waals surface area contributed by atoms with Gasteiger partial charge in [0.05, 0.1) is 12.3 Å². The summed E-state index contributed by atoms with van der Waals surface area (Å²) in [5.41, 5.74) is 8.02. The molecule has 2 N–H and O–H groups in total. The molecule has 3 rings (SSSR count). The summed E-state index contributed by atoms with van der Waals surface area (Å²) in [5, 5.41) is 0. The van der Waals surface area contributed by atoms with Gasteiger partial charge in [0.15, 0.2) is 0 Å². The monoisotopic (exact) mass is 217 g/mol. The van der Waals surface area contributed by atoms with Gasteiger partial charge in [-0.3, -0.25) is 4.40 Å². The van der Waals surface area contributed by atoms with Crippen molar-refractivity contribution in [2.24, 2.45) is 0 Å². The number of hydrogen-bond donors (Lipinski definition) is 1. The van der Waals surface area contributed by atoms with Gasteiger partial charge in [-0.05, 0) is 25.0 Å². The Balaban J connectivity index is 2.05. The molecular weight excluding hydrogens is 202 g/mol. The summed E-state index contributed by atoms with van der Waals surface area (Å²) in [6, 6.07) is 5.92. The van der Waals surface area contributed by atoms with Crippen molar-refractivity contribution < 1.29 is 4.74 Å². The number of nitrogen functional groups attached to an aromatic ring is 1. The van der Waals surface area contributed by atoms with E-state index in [0.29, 0.717) is 5.92 Å². The van der Waals surface area contributed by atoms with Crippen LogP contribution < -0.4 is 5.73 Å². The second-order valence-electron chi connectivity index (χ2n) is 4.23. The fourth-order valence-corrected chi connectivity index (χ4v) is 2.29. The Bertz CT molecular complexity index is 500. The first-order chi connectivity index (χ1) is 7.86. The van der Waals surface area contributed by atoms with Gasteiger partial charge < -0.3 is 10.5 Å². The highest BCUT2D eigenvalue weighted by Gasteiger charge is 2.22. The molecule has 1 atom stereocenters. The van der Waals surface area contributed by atoms with Gasteiger partial charge in [-0.2, -0.15) is 0 Å². The summed E-state index contributed by atoms with van der Waals surface area (Å²) in [6.45, 7) is 1.61. The molecule has 2 aromatic rings. The molecule has 4 heteroatoms. The predicted octanol–water partition coefficient (Wildman–Crippen LogP) is 1.81. The van der Waals surface area contributed by atoms with Crippen molar-refractivity contribution in [3.8, 4) is 0 Å². The van der Waals surface area contributed by atoms with E-state index in [1.54, 1.807) is 0 Å². The highest BCUT2D eigenvalue weighted by atomic mass is 16.5. The third-order valence-electron chi connectivity index (χ3n) is 3.14. The Morgan fingerprint density at radius 2 is 2.38 bits per heavy atom. The van der Waals surface area contributed by atoms with Crippen LogP contribution in [0, 0.1) is 0 Å². The quantitative estimate of drug-likeness (QED) is 0.792. The number of anilines is 1. The minimum absolute atomic E-state index is 0.355. The lowest BCUT2D eigenvalue weighted by Gasteiger charge is -2.20. The number of rotatable bonds is 1. The number of ether oxygens (including phenoxy) is 1. The molecule has 1 aliphatic rings. The minimum atomic E-state index is 0.355. The standard InChI is InChI=1S/C12H15N3O/c13-12-11(9-4-3-7-16-8-9)14-10-5-1-2-6-15(10)12/h1-2,5-6,9H,3-4,7-8,13H2. The number of hydrogen-bond acceptors (Lipinski definition) is 3. The van der Waals surface area contributed by atoms with E-state index in [9.17, 15) is 0 Å². The van der Waals surface area contributed by atoms with Gasteiger partial charge >= 0.3 is 0 Å².